The number of anilines is 1. The molecule has 14 heteroatoms. The number of aryl methyl sites for hydroxylation is 1. The maximum atomic E-state index is 12.7. The molecular weight excluding hydrogens is 520 g/mol. The second-order valence-corrected chi connectivity index (χ2v) is 8.50. The maximum absolute atomic E-state index is 12.7. The minimum atomic E-state index is -1.21. The normalized spacial score (nSPS) is 13.7. The van der Waals surface area contributed by atoms with Gasteiger partial charge in [0.1, 0.15) is 11.5 Å². The number of hydrazone groups is 2. The molecule has 0 aromatic heterocycles. The summed E-state index contributed by atoms with van der Waals surface area (Å²) in [6, 6.07) is 7.22. The number of nitrogens with zero attached hydrogens (tertiary/aromatic N) is 3. The first-order valence-corrected chi connectivity index (χ1v) is 11.7. The number of hydrogen-bond acceptors (Lipinski definition) is 10. The Balaban J connectivity index is 1.30. The van der Waals surface area contributed by atoms with E-state index in [4.69, 9.17) is 26.2 Å². The summed E-state index contributed by atoms with van der Waals surface area (Å²) in [6.45, 7) is 2.30. The van der Waals surface area contributed by atoms with Crippen LogP contribution in [0.3, 0.4) is 0 Å². The zero-order chi connectivity index (χ0) is 27.2. The average Bonchev–Trinajstić information content (AvgIpc) is 3.35. The highest BCUT2D eigenvalue weighted by Crippen LogP contribution is 2.28. The van der Waals surface area contributed by atoms with Gasteiger partial charge in [-0.25, -0.2) is 15.1 Å². The zero-order valence-electron chi connectivity index (χ0n) is 20.0. The molecule has 2 aliphatic heterocycles. The molecule has 0 radical (unpaired) electrons. The number of hydrogen-bond donors (Lipinski definition) is 5. The van der Waals surface area contributed by atoms with E-state index in [0.29, 0.717) is 49.0 Å². The Morgan fingerprint density at radius 3 is 2.50 bits per heavy atom. The molecule has 0 aliphatic carbocycles. The van der Waals surface area contributed by atoms with Crippen molar-refractivity contribution in [2.24, 2.45) is 10.2 Å². The number of carbonyl (C=O) groups is 3. The Bertz CT molecular complexity index is 1370. The molecule has 0 unspecified atom stereocenters. The van der Waals surface area contributed by atoms with E-state index >= 15 is 0 Å². The molecule has 0 spiro atoms. The fourth-order valence-corrected chi connectivity index (χ4v) is 3.71. The Labute approximate surface area is 221 Å². The van der Waals surface area contributed by atoms with Crippen LogP contribution in [0.5, 0.6) is 11.5 Å². The fraction of sp³-hybridized carbons (Fsp3) is 0.208. The minimum absolute atomic E-state index is 0.0377. The predicted molar refractivity (Wildman–Crippen MR) is 138 cm³/mol. The largest absolute Gasteiger partial charge is 0.494 e. The van der Waals surface area contributed by atoms with E-state index < -0.39 is 17.8 Å². The summed E-state index contributed by atoms with van der Waals surface area (Å²) in [7, 11) is 0. The number of hydrazine groups is 2. The first kappa shape index (κ1) is 26.4. The highest BCUT2D eigenvalue weighted by molar-refractivity contribution is 6.48. The molecule has 198 valence electrons. The summed E-state index contributed by atoms with van der Waals surface area (Å²) in [5.41, 5.74) is 5.77. The van der Waals surface area contributed by atoms with Gasteiger partial charge in [0.2, 0.25) is 0 Å². The molecule has 5 N–H and O–H groups in total. The molecular formula is C24H23ClN6O7. The SMILES string of the molecule is Cc1cc(OCCCCOc2ccc(C(=O)O)c(NC(=O)C3=NN4NNN=C4C=C3)c2)c(Cl)cc1C(=O)O. The van der Waals surface area contributed by atoms with Crippen LogP contribution < -0.4 is 25.9 Å². The van der Waals surface area contributed by atoms with Gasteiger partial charge in [0.05, 0.1) is 35.1 Å². The number of carboxylic acid groups (broad SMARTS) is 2. The molecule has 2 aliphatic rings. The van der Waals surface area contributed by atoms with Crippen LogP contribution in [0, 0.1) is 6.92 Å². The number of unbranched alkanes of at least 4 members (excludes halogenated alkanes) is 1. The third kappa shape index (κ3) is 6.19. The molecule has 0 atom stereocenters. The lowest BCUT2D eigenvalue weighted by Gasteiger charge is -2.16. The van der Waals surface area contributed by atoms with E-state index in [1.807, 2.05) is 0 Å². The Kier molecular flexibility index (Phi) is 8.09. The summed E-state index contributed by atoms with van der Waals surface area (Å²) >= 11 is 6.12. The van der Waals surface area contributed by atoms with E-state index in [-0.39, 0.29) is 27.5 Å². The van der Waals surface area contributed by atoms with Gasteiger partial charge in [0.25, 0.3) is 5.91 Å². The smallest absolute Gasteiger partial charge is 0.337 e. The van der Waals surface area contributed by atoms with Gasteiger partial charge >= 0.3 is 11.9 Å². The second-order valence-electron chi connectivity index (χ2n) is 8.10. The van der Waals surface area contributed by atoms with Gasteiger partial charge in [-0.1, -0.05) is 11.6 Å². The molecule has 2 aromatic rings. The molecule has 4 rings (SSSR count). The number of aromatic carboxylic acids is 2. The number of amides is 1. The van der Waals surface area contributed by atoms with Crippen LogP contribution in [0.2, 0.25) is 5.02 Å². The number of carbonyl (C=O) groups excluding carboxylic acids is 1. The van der Waals surface area contributed by atoms with Crippen LogP contribution in [-0.4, -0.2) is 57.9 Å². The van der Waals surface area contributed by atoms with Gasteiger partial charge in [0, 0.05) is 6.07 Å². The van der Waals surface area contributed by atoms with Gasteiger partial charge in [-0.15, -0.1) is 15.7 Å². The lowest BCUT2D eigenvalue weighted by Crippen LogP contribution is -2.40. The number of amidine groups is 1. The van der Waals surface area contributed by atoms with Crippen LogP contribution in [-0.2, 0) is 4.79 Å². The quantitative estimate of drug-likeness (QED) is 0.265. The number of carboxylic acids is 2. The minimum Gasteiger partial charge on any atom is -0.494 e. The summed E-state index contributed by atoms with van der Waals surface area (Å²) in [5, 5.41) is 30.7. The van der Waals surface area contributed by atoms with Crippen LogP contribution in [0.25, 0.3) is 0 Å². The molecule has 1 amide bonds. The summed E-state index contributed by atoms with van der Waals surface area (Å²) < 4.78 is 11.4. The van der Waals surface area contributed by atoms with Crippen molar-refractivity contribution in [2.75, 3.05) is 18.5 Å². The molecule has 0 saturated carbocycles. The highest BCUT2D eigenvalue weighted by Gasteiger charge is 2.23. The Morgan fingerprint density at radius 1 is 1.03 bits per heavy atom. The monoisotopic (exact) mass is 542 g/mol. The number of rotatable bonds is 11. The van der Waals surface area contributed by atoms with E-state index in [1.165, 1.54) is 35.5 Å². The first-order chi connectivity index (χ1) is 18.2. The van der Waals surface area contributed by atoms with Crippen LogP contribution in [0.15, 0.2) is 52.7 Å². The van der Waals surface area contributed by atoms with E-state index in [2.05, 4.69) is 26.6 Å². The Morgan fingerprint density at radius 2 is 1.76 bits per heavy atom. The predicted octanol–water partition coefficient (Wildman–Crippen LogP) is 2.79. The number of fused-ring (bicyclic) bond motifs is 1. The molecule has 0 fully saturated rings. The topological polar surface area (TPSA) is 174 Å². The summed E-state index contributed by atoms with van der Waals surface area (Å²) in [4.78, 5) is 35.5. The standard InChI is InChI=1S/C24H23ClN6O7/c1-13-10-20(17(25)12-16(13)24(35)36)38-9-3-2-8-37-14-4-5-15(23(33)34)19(11-14)26-22(32)18-6-7-21-27-29-30-31(21)28-18/h4-7,10-12,29-30H,2-3,8-9H2,1H3,(H,26,32)(H,33,34)(H,35,36). The van der Waals surface area contributed by atoms with Crippen molar-refractivity contribution >= 4 is 46.7 Å². The third-order valence-electron chi connectivity index (χ3n) is 5.42. The van der Waals surface area contributed by atoms with Crippen molar-refractivity contribution in [1.82, 2.24) is 16.2 Å². The fourth-order valence-electron chi connectivity index (χ4n) is 3.50. The first-order valence-electron chi connectivity index (χ1n) is 11.4. The van der Waals surface area contributed by atoms with Crippen molar-refractivity contribution in [3.05, 3.63) is 64.2 Å². The molecule has 38 heavy (non-hydrogen) atoms. The zero-order valence-corrected chi connectivity index (χ0v) is 20.8. The third-order valence-corrected chi connectivity index (χ3v) is 5.71. The maximum Gasteiger partial charge on any atom is 0.337 e. The van der Waals surface area contributed by atoms with Crippen molar-refractivity contribution in [1.29, 1.82) is 0 Å². The molecule has 2 aromatic carbocycles. The van der Waals surface area contributed by atoms with Gasteiger partial charge in [0.15, 0.2) is 11.5 Å². The summed E-state index contributed by atoms with van der Waals surface area (Å²) in [5.74, 6) is -1.65. The van der Waals surface area contributed by atoms with Crippen LogP contribution in [0.1, 0.15) is 39.1 Å². The van der Waals surface area contributed by atoms with Crippen molar-refractivity contribution in [3.8, 4) is 11.5 Å². The van der Waals surface area contributed by atoms with Crippen LogP contribution in [0.4, 0.5) is 5.69 Å². The number of halogens is 1. The molecule has 2 heterocycles. The number of benzene rings is 2. The highest BCUT2D eigenvalue weighted by atomic mass is 35.5. The molecule has 0 bridgehead atoms. The van der Waals surface area contributed by atoms with Crippen molar-refractivity contribution < 1.29 is 34.1 Å². The van der Waals surface area contributed by atoms with E-state index in [0.717, 1.165) is 0 Å². The number of nitrogens with one attached hydrogen (secondary N) is 3. The van der Waals surface area contributed by atoms with Gasteiger partial charge < -0.3 is 25.0 Å². The Hall–Kier alpha value is -4.62. The number of ether oxygens (including phenoxy) is 2. The lowest BCUT2D eigenvalue weighted by molar-refractivity contribution is -0.110. The van der Waals surface area contributed by atoms with Gasteiger partial charge in [-0.3, -0.25) is 4.79 Å². The van der Waals surface area contributed by atoms with Gasteiger partial charge in [-0.2, -0.15) is 5.12 Å². The van der Waals surface area contributed by atoms with Crippen LogP contribution >= 0.6 is 11.6 Å². The van der Waals surface area contributed by atoms with Crippen molar-refractivity contribution in [2.45, 2.75) is 19.8 Å². The van der Waals surface area contributed by atoms with Gasteiger partial charge in [-0.05, 0) is 61.7 Å². The van der Waals surface area contributed by atoms with Crippen molar-refractivity contribution in [3.63, 3.8) is 0 Å². The van der Waals surface area contributed by atoms with E-state index in [9.17, 15) is 19.5 Å². The summed E-state index contributed by atoms with van der Waals surface area (Å²) in [6.07, 6.45) is 4.24. The second kappa shape index (κ2) is 11.6. The molecule has 0 saturated heterocycles. The molecule has 13 nitrogen and oxygen atoms in total. The average molecular weight is 543 g/mol. The lowest BCUT2D eigenvalue weighted by atomic mass is 10.1. The van der Waals surface area contributed by atoms with E-state index in [1.54, 1.807) is 19.1 Å².